The van der Waals surface area contributed by atoms with Gasteiger partial charge in [0, 0.05) is 5.56 Å². The number of aryl methyl sites for hydroxylation is 1. The summed E-state index contributed by atoms with van der Waals surface area (Å²) in [4.78, 5) is 10.6. The molecule has 4 nitrogen and oxygen atoms in total. The number of aromatic hydroxyl groups is 1. The molecule has 0 heterocycles. The summed E-state index contributed by atoms with van der Waals surface area (Å²) in [5.74, 6) is -2.88. The summed E-state index contributed by atoms with van der Waals surface area (Å²) in [6.07, 6.45) is 0. The number of phenols is 1. The fraction of sp³-hybridized carbons (Fsp3) is 0.222. The molecule has 0 aliphatic carbocycles. The van der Waals surface area contributed by atoms with Crippen LogP contribution < -0.4 is 5.73 Å². The Kier molecular flexibility index (Phi) is 2.71. The maximum atomic E-state index is 12.9. The molecule has 76 valence electrons. The predicted octanol–water partition coefficient (Wildman–Crippen LogP) is 0.924. The van der Waals surface area contributed by atoms with Crippen LogP contribution >= 0.6 is 0 Å². The number of carboxylic acids is 1. The van der Waals surface area contributed by atoms with E-state index in [1.807, 2.05) is 0 Å². The Morgan fingerprint density at radius 2 is 2.14 bits per heavy atom. The van der Waals surface area contributed by atoms with Crippen molar-refractivity contribution in [2.24, 2.45) is 5.73 Å². The van der Waals surface area contributed by atoms with Gasteiger partial charge in [-0.1, -0.05) is 6.07 Å². The topological polar surface area (TPSA) is 83.5 Å². The van der Waals surface area contributed by atoms with Gasteiger partial charge in [0.05, 0.1) is 0 Å². The Bertz CT molecular complexity index is 379. The van der Waals surface area contributed by atoms with Crippen LogP contribution in [0.2, 0.25) is 0 Å². The Hall–Kier alpha value is -1.62. The summed E-state index contributed by atoms with van der Waals surface area (Å²) in [5.41, 5.74) is 5.64. The van der Waals surface area contributed by atoms with E-state index in [9.17, 15) is 14.3 Å². The quantitative estimate of drug-likeness (QED) is 0.661. The Morgan fingerprint density at radius 1 is 1.57 bits per heavy atom. The molecule has 0 fully saturated rings. The zero-order valence-corrected chi connectivity index (χ0v) is 7.49. The van der Waals surface area contributed by atoms with E-state index in [4.69, 9.17) is 10.8 Å². The minimum absolute atomic E-state index is 0.0856. The standard InChI is InChI=1S/C9H10FNO3/c1-4-2-3-5(10)8(12)6(4)7(11)9(13)14/h2-3,7,12H,11H2,1H3,(H,13,14)/t7-/m1/s1. The number of halogens is 1. The maximum absolute atomic E-state index is 12.9. The molecule has 0 radical (unpaired) electrons. The molecule has 0 saturated heterocycles. The van der Waals surface area contributed by atoms with Crippen LogP contribution in [0, 0.1) is 12.7 Å². The summed E-state index contributed by atoms with van der Waals surface area (Å²) >= 11 is 0. The molecule has 0 aromatic heterocycles. The molecule has 1 atom stereocenters. The number of carbonyl (C=O) groups is 1. The van der Waals surface area contributed by atoms with Crippen LogP contribution in [-0.2, 0) is 4.79 Å². The van der Waals surface area contributed by atoms with E-state index in [2.05, 4.69) is 0 Å². The first kappa shape index (κ1) is 10.5. The van der Waals surface area contributed by atoms with Crippen molar-refractivity contribution in [1.82, 2.24) is 0 Å². The predicted molar refractivity (Wildman–Crippen MR) is 47.4 cm³/mol. The van der Waals surface area contributed by atoms with Crippen molar-refractivity contribution in [3.8, 4) is 5.75 Å². The second-order valence-corrected chi connectivity index (χ2v) is 2.94. The second kappa shape index (κ2) is 3.63. The Morgan fingerprint density at radius 3 is 2.64 bits per heavy atom. The van der Waals surface area contributed by atoms with Crippen molar-refractivity contribution >= 4 is 5.97 Å². The number of hydrogen-bond donors (Lipinski definition) is 3. The number of carboxylic acid groups (broad SMARTS) is 1. The molecule has 0 aliphatic heterocycles. The van der Waals surface area contributed by atoms with Crippen LogP contribution in [-0.4, -0.2) is 16.2 Å². The fourth-order valence-electron chi connectivity index (χ4n) is 1.20. The van der Waals surface area contributed by atoms with E-state index < -0.39 is 23.6 Å². The van der Waals surface area contributed by atoms with Crippen LogP contribution in [0.15, 0.2) is 12.1 Å². The molecule has 1 aromatic carbocycles. The molecule has 1 rings (SSSR count). The lowest BCUT2D eigenvalue weighted by atomic mass is 10.0. The molecule has 0 amide bonds. The van der Waals surface area contributed by atoms with Crippen molar-refractivity contribution in [3.05, 3.63) is 29.1 Å². The van der Waals surface area contributed by atoms with Crippen molar-refractivity contribution < 1.29 is 19.4 Å². The minimum Gasteiger partial charge on any atom is -0.505 e. The Balaban J connectivity index is 3.32. The molecule has 1 aromatic rings. The number of aliphatic carboxylic acids is 1. The summed E-state index contributed by atoms with van der Waals surface area (Å²) in [6, 6.07) is 1.02. The first-order valence-corrected chi connectivity index (χ1v) is 3.91. The molecule has 0 spiro atoms. The van der Waals surface area contributed by atoms with Crippen molar-refractivity contribution in [3.63, 3.8) is 0 Å². The van der Waals surface area contributed by atoms with Crippen LogP contribution in [0.25, 0.3) is 0 Å². The second-order valence-electron chi connectivity index (χ2n) is 2.94. The average Bonchev–Trinajstić information content (AvgIpc) is 2.12. The van der Waals surface area contributed by atoms with Crippen molar-refractivity contribution in [2.75, 3.05) is 0 Å². The molecule has 0 saturated carbocycles. The minimum atomic E-state index is -1.41. The highest BCUT2D eigenvalue weighted by molar-refractivity contribution is 5.77. The van der Waals surface area contributed by atoms with Gasteiger partial charge in [-0.05, 0) is 18.6 Å². The Labute approximate surface area is 79.8 Å². The zero-order chi connectivity index (χ0) is 10.9. The van der Waals surface area contributed by atoms with E-state index in [1.165, 1.54) is 6.07 Å². The highest BCUT2D eigenvalue weighted by Crippen LogP contribution is 2.29. The van der Waals surface area contributed by atoms with Crippen LogP contribution in [0.5, 0.6) is 5.75 Å². The average molecular weight is 199 g/mol. The van der Waals surface area contributed by atoms with Gasteiger partial charge in [-0.15, -0.1) is 0 Å². The van der Waals surface area contributed by atoms with Gasteiger partial charge in [-0.3, -0.25) is 4.79 Å². The van der Waals surface area contributed by atoms with Crippen LogP contribution in [0.3, 0.4) is 0 Å². The summed E-state index contributed by atoms with van der Waals surface area (Å²) in [6.45, 7) is 1.55. The third-order valence-electron chi connectivity index (χ3n) is 1.96. The number of benzene rings is 1. The smallest absolute Gasteiger partial charge is 0.325 e. The molecule has 0 aliphatic rings. The zero-order valence-electron chi connectivity index (χ0n) is 7.49. The van der Waals surface area contributed by atoms with E-state index >= 15 is 0 Å². The lowest BCUT2D eigenvalue weighted by Gasteiger charge is -2.12. The highest BCUT2D eigenvalue weighted by Gasteiger charge is 2.22. The first-order valence-electron chi connectivity index (χ1n) is 3.91. The van der Waals surface area contributed by atoms with E-state index in [1.54, 1.807) is 6.92 Å². The number of rotatable bonds is 2. The molecule has 4 N–H and O–H groups in total. The van der Waals surface area contributed by atoms with Gasteiger partial charge in [0.15, 0.2) is 11.6 Å². The third kappa shape index (κ3) is 1.67. The van der Waals surface area contributed by atoms with Gasteiger partial charge in [0.25, 0.3) is 0 Å². The number of hydrogen-bond acceptors (Lipinski definition) is 3. The van der Waals surface area contributed by atoms with Gasteiger partial charge in [0.2, 0.25) is 0 Å². The van der Waals surface area contributed by atoms with Crippen molar-refractivity contribution in [2.45, 2.75) is 13.0 Å². The van der Waals surface area contributed by atoms with Crippen LogP contribution in [0.4, 0.5) is 4.39 Å². The lowest BCUT2D eigenvalue weighted by molar-refractivity contribution is -0.138. The number of nitrogens with two attached hydrogens (primary N) is 1. The first-order chi connectivity index (χ1) is 6.45. The monoisotopic (exact) mass is 199 g/mol. The normalized spacial score (nSPS) is 12.5. The molecular formula is C9H10FNO3. The van der Waals surface area contributed by atoms with Crippen LogP contribution in [0.1, 0.15) is 17.2 Å². The summed E-state index contributed by atoms with van der Waals surface area (Å²) in [7, 11) is 0. The molecule has 0 bridgehead atoms. The van der Waals surface area contributed by atoms with E-state index in [0.29, 0.717) is 5.56 Å². The lowest BCUT2D eigenvalue weighted by Crippen LogP contribution is -2.22. The van der Waals surface area contributed by atoms with Gasteiger partial charge in [0.1, 0.15) is 6.04 Å². The number of phenolic OH excluding ortho intramolecular Hbond substituents is 1. The van der Waals surface area contributed by atoms with E-state index in [0.717, 1.165) is 6.07 Å². The fourth-order valence-corrected chi connectivity index (χ4v) is 1.20. The van der Waals surface area contributed by atoms with Gasteiger partial charge in [-0.2, -0.15) is 0 Å². The summed E-state index contributed by atoms with van der Waals surface area (Å²) < 4.78 is 12.9. The molecule has 14 heavy (non-hydrogen) atoms. The molecular weight excluding hydrogens is 189 g/mol. The SMILES string of the molecule is Cc1ccc(F)c(O)c1[C@@H](N)C(=O)O. The van der Waals surface area contributed by atoms with E-state index in [-0.39, 0.29) is 5.56 Å². The molecule has 5 heteroatoms. The van der Waals surface area contributed by atoms with Gasteiger partial charge >= 0.3 is 5.97 Å². The summed E-state index contributed by atoms with van der Waals surface area (Å²) in [5, 5.41) is 17.9. The highest BCUT2D eigenvalue weighted by atomic mass is 19.1. The third-order valence-corrected chi connectivity index (χ3v) is 1.96. The van der Waals surface area contributed by atoms with Gasteiger partial charge < -0.3 is 15.9 Å². The molecule has 0 unspecified atom stereocenters. The largest absolute Gasteiger partial charge is 0.505 e. The van der Waals surface area contributed by atoms with Crippen molar-refractivity contribution in [1.29, 1.82) is 0 Å². The maximum Gasteiger partial charge on any atom is 0.325 e. The van der Waals surface area contributed by atoms with Gasteiger partial charge in [-0.25, -0.2) is 4.39 Å².